The van der Waals surface area contributed by atoms with Crippen LogP contribution in [0.2, 0.25) is 0 Å². The molecule has 2 aromatic rings. The van der Waals surface area contributed by atoms with Gasteiger partial charge in [0.05, 0.1) is 17.0 Å². The number of nitrogens with zero attached hydrogens (tertiary/aromatic N) is 3. The number of rotatable bonds is 6. The van der Waals surface area contributed by atoms with Gasteiger partial charge in [0.25, 0.3) is 5.56 Å². The smallest absolute Gasteiger partial charge is 0.261 e. The number of nitrogens with one attached hydrogen (secondary N) is 2. The highest BCUT2D eigenvalue weighted by Crippen LogP contribution is 2.36. The molecule has 30 heavy (non-hydrogen) atoms. The first-order valence-electron chi connectivity index (χ1n) is 11.6. The van der Waals surface area contributed by atoms with Crippen molar-refractivity contribution in [3.8, 4) is 0 Å². The minimum atomic E-state index is -0.204. The highest BCUT2D eigenvalue weighted by atomic mass is 16.3. The normalized spacial score (nSPS) is 24.1. The minimum Gasteiger partial charge on any atom is -0.393 e. The second kappa shape index (κ2) is 9.43. The summed E-state index contributed by atoms with van der Waals surface area (Å²) in [6, 6.07) is 0.509. The number of hydrogen-bond donors (Lipinski definition) is 3. The monoisotopic (exact) mass is 413 g/mol. The summed E-state index contributed by atoms with van der Waals surface area (Å²) in [6.07, 6.45) is 11.1. The standard InChI is InChI=1S/C23H35N5O2/c1-3-4-15(2)26-23-25-13-19-21(27-23)20(16-5-7-18(29)8-6-16)14-28(22(19)30)17-9-11-24-12-10-17/h13-18,24,29H,3-12H2,1-2H3,(H,25,26,27)/t15-,16?,18?/m1/s1. The van der Waals surface area contributed by atoms with Crippen molar-refractivity contribution in [2.24, 2.45) is 0 Å². The summed E-state index contributed by atoms with van der Waals surface area (Å²) < 4.78 is 1.94. The first-order valence-corrected chi connectivity index (χ1v) is 11.6. The van der Waals surface area contributed by atoms with Crippen LogP contribution in [-0.2, 0) is 0 Å². The van der Waals surface area contributed by atoms with Crippen molar-refractivity contribution in [3.05, 3.63) is 28.3 Å². The molecule has 2 aliphatic rings. The summed E-state index contributed by atoms with van der Waals surface area (Å²) in [5.74, 6) is 0.917. The average Bonchev–Trinajstić information content (AvgIpc) is 2.75. The van der Waals surface area contributed by atoms with Gasteiger partial charge < -0.3 is 20.3 Å². The molecule has 1 saturated heterocycles. The maximum atomic E-state index is 13.4. The second-order valence-electron chi connectivity index (χ2n) is 9.07. The van der Waals surface area contributed by atoms with Gasteiger partial charge in [-0.3, -0.25) is 4.79 Å². The van der Waals surface area contributed by atoms with E-state index in [2.05, 4.69) is 35.7 Å². The van der Waals surface area contributed by atoms with Crippen LogP contribution in [0, 0.1) is 0 Å². The molecular weight excluding hydrogens is 378 g/mol. The molecule has 3 N–H and O–H groups in total. The Labute approximate surface area is 178 Å². The highest BCUT2D eigenvalue weighted by Gasteiger charge is 2.26. The van der Waals surface area contributed by atoms with E-state index in [1.165, 1.54) is 0 Å². The van der Waals surface area contributed by atoms with E-state index in [-0.39, 0.29) is 23.7 Å². The molecule has 0 amide bonds. The van der Waals surface area contributed by atoms with Gasteiger partial charge in [-0.05, 0) is 76.4 Å². The zero-order valence-electron chi connectivity index (χ0n) is 18.2. The molecule has 1 aliphatic heterocycles. The van der Waals surface area contributed by atoms with Crippen LogP contribution in [-0.4, -0.2) is 44.9 Å². The average molecular weight is 414 g/mol. The molecule has 1 saturated carbocycles. The first kappa shape index (κ1) is 21.2. The SMILES string of the molecule is CCC[C@@H](C)Nc1ncc2c(=O)n(C3CCNCC3)cc(C3CCC(O)CC3)c2n1. The highest BCUT2D eigenvalue weighted by molar-refractivity contribution is 5.81. The van der Waals surface area contributed by atoms with Gasteiger partial charge >= 0.3 is 0 Å². The molecule has 1 atom stereocenters. The van der Waals surface area contributed by atoms with Gasteiger partial charge in [0.1, 0.15) is 0 Å². The van der Waals surface area contributed by atoms with Crippen molar-refractivity contribution in [2.45, 2.75) is 89.3 Å². The molecule has 3 heterocycles. The van der Waals surface area contributed by atoms with Gasteiger partial charge in [0.2, 0.25) is 5.95 Å². The molecule has 7 heteroatoms. The molecule has 0 radical (unpaired) electrons. The van der Waals surface area contributed by atoms with E-state index in [0.717, 1.165) is 75.5 Å². The van der Waals surface area contributed by atoms with Crippen LogP contribution in [0.4, 0.5) is 5.95 Å². The van der Waals surface area contributed by atoms with Crippen molar-refractivity contribution in [2.75, 3.05) is 18.4 Å². The molecule has 0 bridgehead atoms. The summed E-state index contributed by atoms with van der Waals surface area (Å²) in [4.78, 5) is 22.7. The lowest BCUT2D eigenvalue weighted by Gasteiger charge is -2.29. The fraction of sp³-hybridized carbons (Fsp3) is 0.696. The zero-order valence-corrected chi connectivity index (χ0v) is 18.2. The third-order valence-electron chi connectivity index (χ3n) is 6.74. The summed E-state index contributed by atoms with van der Waals surface area (Å²) in [7, 11) is 0. The van der Waals surface area contributed by atoms with E-state index in [1.807, 2.05) is 4.57 Å². The predicted octanol–water partition coefficient (Wildman–Crippen LogP) is 3.34. The molecule has 2 fully saturated rings. The molecule has 0 aromatic carbocycles. The third kappa shape index (κ3) is 4.52. The van der Waals surface area contributed by atoms with Crippen LogP contribution in [0.1, 0.15) is 82.7 Å². The minimum absolute atomic E-state index is 0.0182. The number of hydrogen-bond acceptors (Lipinski definition) is 6. The van der Waals surface area contributed by atoms with Crippen molar-refractivity contribution in [3.63, 3.8) is 0 Å². The van der Waals surface area contributed by atoms with E-state index in [1.54, 1.807) is 6.20 Å². The Morgan fingerprint density at radius 2 is 1.97 bits per heavy atom. The summed E-state index contributed by atoms with van der Waals surface area (Å²) in [5.41, 5.74) is 1.95. The zero-order chi connectivity index (χ0) is 21.1. The molecule has 2 aromatic heterocycles. The van der Waals surface area contributed by atoms with Crippen LogP contribution in [0.15, 0.2) is 17.2 Å². The van der Waals surface area contributed by atoms with Crippen molar-refractivity contribution < 1.29 is 5.11 Å². The molecule has 7 nitrogen and oxygen atoms in total. The summed E-state index contributed by atoms with van der Waals surface area (Å²) in [5, 5.41) is 17.4. The number of fused-ring (bicyclic) bond motifs is 1. The molecule has 4 rings (SSSR count). The summed E-state index contributed by atoms with van der Waals surface area (Å²) in [6.45, 7) is 6.18. The predicted molar refractivity (Wildman–Crippen MR) is 120 cm³/mol. The van der Waals surface area contributed by atoms with Crippen LogP contribution < -0.4 is 16.2 Å². The van der Waals surface area contributed by atoms with E-state index < -0.39 is 0 Å². The largest absolute Gasteiger partial charge is 0.393 e. The van der Waals surface area contributed by atoms with Crippen molar-refractivity contribution in [1.29, 1.82) is 0 Å². The van der Waals surface area contributed by atoms with E-state index >= 15 is 0 Å². The Balaban J connectivity index is 1.78. The van der Waals surface area contributed by atoms with Crippen molar-refractivity contribution in [1.82, 2.24) is 19.9 Å². The molecular formula is C23H35N5O2. The van der Waals surface area contributed by atoms with Gasteiger partial charge in [0, 0.05) is 24.5 Å². The number of pyridine rings is 1. The van der Waals surface area contributed by atoms with Crippen LogP contribution in [0.5, 0.6) is 0 Å². The summed E-state index contributed by atoms with van der Waals surface area (Å²) >= 11 is 0. The van der Waals surface area contributed by atoms with Crippen LogP contribution in [0.3, 0.4) is 0 Å². The Morgan fingerprint density at radius 3 is 2.67 bits per heavy atom. The van der Waals surface area contributed by atoms with E-state index in [9.17, 15) is 9.90 Å². The van der Waals surface area contributed by atoms with E-state index in [0.29, 0.717) is 17.3 Å². The van der Waals surface area contributed by atoms with Crippen molar-refractivity contribution >= 4 is 16.9 Å². The number of aliphatic hydroxyl groups excluding tert-OH is 1. The van der Waals surface area contributed by atoms with Gasteiger partial charge in [-0.2, -0.15) is 0 Å². The van der Waals surface area contributed by atoms with E-state index in [4.69, 9.17) is 4.98 Å². The molecule has 1 aliphatic carbocycles. The Morgan fingerprint density at radius 1 is 1.23 bits per heavy atom. The number of aromatic nitrogens is 3. The number of piperidine rings is 1. The first-order chi connectivity index (χ1) is 14.6. The van der Waals surface area contributed by atoms with Gasteiger partial charge in [-0.1, -0.05) is 13.3 Å². The maximum Gasteiger partial charge on any atom is 0.261 e. The Bertz CT molecular complexity index is 914. The second-order valence-corrected chi connectivity index (χ2v) is 9.07. The topological polar surface area (TPSA) is 92.1 Å². The van der Waals surface area contributed by atoms with Gasteiger partial charge in [0.15, 0.2) is 0 Å². The van der Waals surface area contributed by atoms with Gasteiger partial charge in [-0.25, -0.2) is 9.97 Å². The van der Waals surface area contributed by atoms with Crippen LogP contribution in [0.25, 0.3) is 10.9 Å². The fourth-order valence-electron chi connectivity index (χ4n) is 5.00. The third-order valence-corrected chi connectivity index (χ3v) is 6.74. The molecule has 0 unspecified atom stereocenters. The Hall–Kier alpha value is -1.99. The lowest BCUT2D eigenvalue weighted by molar-refractivity contribution is 0.122. The fourth-order valence-corrected chi connectivity index (χ4v) is 5.00. The Kier molecular flexibility index (Phi) is 6.68. The quantitative estimate of drug-likeness (QED) is 0.673. The number of aliphatic hydroxyl groups is 1. The molecule has 0 spiro atoms. The van der Waals surface area contributed by atoms with Crippen LogP contribution >= 0.6 is 0 Å². The van der Waals surface area contributed by atoms with Gasteiger partial charge in [-0.15, -0.1) is 0 Å². The lowest BCUT2D eigenvalue weighted by Crippen LogP contribution is -2.35. The molecule has 164 valence electrons. The lowest BCUT2D eigenvalue weighted by atomic mass is 9.82. The maximum absolute atomic E-state index is 13.4. The number of anilines is 1.